The third-order valence-corrected chi connectivity index (χ3v) is 4.73. The highest BCUT2D eigenvalue weighted by Crippen LogP contribution is 2.35. The zero-order valence-corrected chi connectivity index (χ0v) is 13.9. The van der Waals surface area contributed by atoms with Crippen LogP contribution < -0.4 is 4.74 Å². The van der Waals surface area contributed by atoms with Crippen molar-refractivity contribution in [1.29, 1.82) is 0 Å². The zero-order chi connectivity index (χ0) is 15.5. The second-order valence-corrected chi connectivity index (χ2v) is 7.45. The van der Waals surface area contributed by atoms with Crippen molar-refractivity contribution in [3.63, 3.8) is 0 Å². The largest absolute Gasteiger partial charge is 0.493 e. The Bertz CT molecular complexity index is 722. The number of ether oxygens (including phenoxy) is 1. The van der Waals surface area contributed by atoms with E-state index in [4.69, 9.17) is 15.4 Å². The van der Waals surface area contributed by atoms with Crippen molar-refractivity contribution >= 4 is 30.6 Å². The van der Waals surface area contributed by atoms with E-state index < -0.39 is 9.05 Å². The number of aryl methyl sites for hydroxylation is 1. The van der Waals surface area contributed by atoms with Crippen LogP contribution in [0.2, 0.25) is 0 Å². The van der Waals surface area contributed by atoms with Crippen molar-refractivity contribution in [1.82, 2.24) is 4.57 Å². The minimum atomic E-state index is -3.81. The first-order valence-corrected chi connectivity index (χ1v) is 9.49. The van der Waals surface area contributed by atoms with E-state index in [1.165, 1.54) is 0 Å². The van der Waals surface area contributed by atoms with Crippen LogP contribution in [-0.2, 0) is 15.6 Å². The lowest BCUT2D eigenvalue weighted by molar-refractivity contribution is 0.344. The first kappa shape index (κ1) is 16.2. The summed E-state index contributed by atoms with van der Waals surface area (Å²) < 4.78 is 31.2. The topological polar surface area (TPSA) is 48.3 Å². The molecule has 6 heteroatoms. The molecule has 0 amide bonds. The van der Waals surface area contributed by atoms with E-state index in [0.717, 1.165) is 31.3 Å². The predicted octanol–water partition coefficient (Wildman–Crippen LogP) is 4.16. The van der Waals surface area contributed by atoms with Crippen molar-refractivity contribution in [3.8, 4) is 5.75 Å². The highest BCUT2D eigenvalue weighted by molar-refractivity contribution is 8.14. The molecule has 1 aromatic heterocycles. The lowest BCUT2D eigenvalue weighted by atomic mass is 10.2. The van der Waals surface area contributed by atoms with Gasteiger partial charge in [-0.3, -0.25) is 0 Å². The molecule has 0 aliphatic rings. The average Bonchev–Trinajstić information content (AvgIpc) is 2.80. The first-order valence-electron chi connectivity index (χ1n) is 7.18. The number of rotatable bonds is 7. The molecule has 0 aliphatic heterocycles. The van der Waals surface area contributed by atoms with Gasteiger partial charge in [0.15, 0.2) is 0 Å². The van der Waals surface area contributed by atoms with Gasteiger partial charge >= 0.3 is 0 Å². The van der Waals surface area contributed by atoms with Gasteiger partial charge in [0.05, 0.1) is 17.5 Å². The Balaban J connectivity index is 2.59. The van der Waals surface area contributed by atoms with Gasteiger partial charge < -0.3 is 9.30 Å². The number of hydrogen-bond donors (Lipinski definition) is 0. The van der Waals surface area contributed by atoms with Crippen LogP contribution in [0, 0.1) is 0 Å². The summed E-state index contributed by atoms with van der Waals surface area (Å²) in [5.74, 6) is 0.559. The van der Waals surface area contributed by atoms with Crippen LogP contribution in [0.15, 0.2) is 29.3 Å². The number of fused-ring (bicyclic) bond motifs is 1. The van der Waals surface area contributed by atoms with Gasteiger partial charge in [-0.15, -0.1) is 0 Å². The number of nitrogens with zero attached hydrogens (tertiary/aromatic N) is 1. The van der Waals surface area contributed by atoms with Gasteiger partial charge in [-0.2, -0.15) is 0 Å². The van der Waals surface area contributed by atoms with E-state index in [1.807, 2.05) is 23.6 Å². The Labute approximate surface area is 130 Å². The average molecular weight is 330 g/mol. The molecule has 4 nitrogen and oxygen atoms in total. The molecule has 0 bridgehead atoms. The Morgan fingerprint density at radius 2 is 2.00 bits per heavy atom. The number of unbranched alkanes of at least 4 members (excludes halogenated alkanes) is 2. The van der Waals surface area contributed by atoms with E-state index in [9.17, 15) is 8.42 Å². The summed E-state index contributed by atoms with van der Waals surface area (Å²) in [6, 6.07) is 5.54. The molecule has 0 radical (unpaired) electrons. The van der Waals surface area contributed by atoms with Crippen molar-refractivity contribution in [2.24, 2.45) is 0 Å². The summed E-state index contributed by atoms with van der Waals surface area (Å²) in [7, 11) is 1.78. The van der Waals surface area contributed by atoms with Crippen LogP contribution in [0.1, 0.15) is 33.1 Å². The molecule has 0 fully saturated rings. The van der Waals surface area contributed by atoms with Crippen molar-refractivity contribution in [2.75, 3.05) is 6.61 Å². The van der Waals surface area contributed by atoms with Gasteiger partial charge in [0.2, 0.25) is 0 Å². The van der Waals surface area contributed by atoms with Crippen LogP contribution in [0.4, 0.5) is 0 Å². The maximum atomic E-state index is 11.8. The van der Waals surface area contributed by atoms with E-state index in [2.05, 4.69) is 6.92 Å². The van der Waals surface area contributed by atoms with Crippen molar-refractivity contribution < 1.29 is 13.2 Å². The molecule has 116 valence electrons. The number of halogens is 1. The SMILES string of the molecule is CCCCCn1cc(S(=O)(=O)Cl)c2c(OCC)cccc21. The number of hydrogen-bond acceptors (Lipinski definition) is 3. The third-order valence-electron chi connectivity index (χ3n) is 3.40. The molecular formula is C15H20ClNO3S. The van der Waals surface area contributed by atoms with E-state index in [0.29, 0.717) is 17.7 Å². The van der Waals surface area contributed by atoms with Crippen molar-refractivity contribution in [2.45, 2.75) is 44.6 Å². The number of aromatic nitrogens is 1. The summed E-state index contributed by atoms with van der Waals surface area (Å²) in [6.45, 7) is 5.25. The Hall–Kier alpha value is -1.20. The second-order valence-electron chi connectivity index (χ2n) is 4.91. The van der Waals surface area contributed by atoms with E-state index in [-0.39, 0.29) is 4.90 Å². The maximum Gasteiger partial charge on any atom is 0.263 e. The molecule has 0 spiro atoms. The first-order chi connectivity index (χ1) is 9.99. The van der Waals surface area contributed by atoms with Gasteiger partial charge in [-0.1, -0.05) is 25.8 Å². The van der Waals surface area contributed by atoms with Gasteiger partial charge in [0, 0.05) is 23.4 Å². The van der Waals surface area contributed by atoms with Crippen LogP contribution >= 0.6 is 10.7 Å². The summed E-state index contributed by atoms with van der Waals surface area (Å²) >= 11 is 0. The maximum absolute atomic E-state index is 11.8. The second kappa shape index (κ2) is 6.71. The standard InChI is InChI=1S/C15H20ClNO3S/c1-3-5-6-10-17-11-14(21(16,18)19)15-12(17)8-7-9-13(15)20-4-2/h7-9,11H,3-6,10H2,1-2H3. The molecule has 2 aromatic rings. The quantitative estimate of drug-likeness (QED) is 0.566. The molecular weight excluding hydrogens is 310 g/mol. The van der Waals surface area contributed by atoms with Crippen LogP contribution in [0.25, 0.3) is 10.9 Å². The Morgan fingerprint density at radius 3 is 2.62 bits per heavy atom. The van der Waals surface area contributed by atoms with Gasteiger partial charge in [-0.25, -0.2) is 8.42 Å². The predicted molar refractivity (Wildman–Crippen MR) is 85.7 cm³/mol. The molecule has 0 atom stereocenters. The third kappa shape index (κ3) is 3.52. The molecule has 0 aliphatic carbocycles. The highest BCUT2D eigenvalue weighted by Gasteiger charge is 2.21. The highest BCUT2D eigenvalue weighted by atomic mass is 35.7. The van der Waals surface area contributed by atoms with Gasteiger partial charge in [0.25, 0.3) is 9.05 Å². The summed E-state index contributed by atoms with van der Waals surface area (Å²) in [5.41, 5.74) is 0.844. The molecule has 0 N–H and O–H groups in total. The lowest BCUT2D eigenvalue weighted by Gasteiger charge is -2.07. The molecule has 0 saturated heterocycles. The molecule has 0 unspecified atom stereocenters. The van der Waals surface area contributed by atoms with Gasteiger partial charge in [0.1, 0.15) is 10.6 Å². The fraction of sp³-hybridized carbons (Fsp3) is 0.467. The van der Waals surface area contributed by atoms with Gasteiger partial charge in [-0.05, 0) is 25.5 Å². The summed E-state index contributed by atoms with van der Waals surface area (Å²) in [4.78, 5) is 0.125. The molecule has 0 saturated carbocycles. The minimum absolute atomic E-state index is 0.125. The Kier molecular flexibility index (Phi) is 5.17. The van der Waals surface area contributed by atoms with Crippen LogP contribution in [0.3, 0.4) is 0 Å². The van der Waals surface area contributed by atoms with E-state index >= 15 is 0 Å². The summed E-state index contributed by atoms with van der Waals surface area (Å²) in [5, 5.41) is 0.575. The van der Waals surface area contributed by atoms with Crippen LogP contribution in [0.5, 0.6) is 5.75 Å². The van der Waals surface area contributed by atoms with E-state index in [1.54, 1.807) is 12.3 Å². The normalized spacial score (nSPS) is 12.0. The van der Waals surface area contributed by atoms with Crippen LogP contribution in [-0.4, -0.2) is 19.6 Å². The summed E-state index contributed by atoms with van der Waals surface area (Å²) in [6.07, 6.45) is 4.84. The Morgan fingerprint density at radius 1 is 1.24 bits per heavy atom. The fourth-order valence-corrected chi connectivity index (χ4v) is 3.51. The molecule has 1 aromatic carbocycles. The van der Waals surface area contributed by atoms with Crippen molar-refractivity contribution in [3.05, 3.63) is 24.4 Å². The monoisotopic (exact) mass is 329 g/mol. The lowest BCUT2D eigenvalue weighted by Crippen LogP contribution is -1.96. The smallest absolute Gasteiger partial charge is 0.263 e. The molecule has 21 heavy (non-hydrogen) atoms. The zero-order valence-electron chi connectivity index (χ0n) is 12.3. The number of benzene rings is 1. The molecule has 2 rings (SSSR count). The fourth-order valence-electron chi connectivity index (χ4n) is 2.46. The minimum Gasteiger partial charge on any atom is -0.493 e. The molecule has 1 heterocycles.